The molecule has 3 aromatic carbocycles. The lowest BCUT2D eigenvalue weighted by Crippen LogP contribution is -2.03. The van der Waals surface area contributed by atoms with E-state index in [4.69, 9.17) is 23.7 Å². The molecule has 0 amide bonds. The van der Waals surface area contributed by atoms with Crippen molar-refractivity contribution in [3.8, 4) is 28.7 Å². The van der Waals surface area contributed by atoms with Crippen molar-refractivity contribution in [1.82, 2.24) is 0 Å². The van der Waals surface area contributed by atoms with Crippen LogP contribution in [-0.2, 0) is 18.5 Å². The minimum atomic E-state index is 0.404. The number of hydrogen-bond donors (Lipinski definition) is 0. The summed E-state index contributed by atoms with van der Waals surface area (Å²) in [6, 6.07) is 18.5. The minimum Gasteiger partial charge on any atom is -0.494 e. The fraction of sp³-hybridized carbons (Fsp3) is 0.550. The van der Waals surface area contributed by atoms with Gasteiger partial charge in [0, 0.05) is 17.5 Å². The van der Waals surface area contributed by atoms with Crippen molar-refractivity contribution in [1.29, 1.82) is 0 Å². The molecule has 3 aromatic rings. The van der Waals surface area contributed by atoms with Gasteiger partial charge >= 0.3 is 0 Å². The second-order valence-electron chi connectivity index (χ2n) is 12.2. The highest BCUT2D eigenvalue weighted by molar-refractivity contribution is 9.08. The Morgan fingerprint density at radius 1 is 0.413 bits per heavy atom. The molecule has 5 nitrogen and oxygen atoms in total. The lowest BCUT2D eigenvalue weighted by molar-refractivity contribution is 0.279. The summed E-state index contributed by atoms with van der Waals surface area (Å²) in [6.45, 7) is 11.8. The zero-order chi connectivity index (χ0) is 32.8. The van der Waals surface area contributed by atoms with Crippen LogP contribution < -0.4 is 23.7 Å². The number of alkyl halides is 1. The van der Waals surface area contributed by atoms with Crippen molar-refractivity contribution < 1.29 is 23.7 Å². The first kappa shape index (κ1) is 37.6. The molecule has 0 aliphatic heterocycles. The highest BCUT2D eigenvalue weighted by atomic mass is 79.9. The molecule has 0 N–H and O–H groups in total. The highest BCUT2D eigenvalue weighted by Crippen LogP contribution is 2.29. The van der Waals surface area contributed by atoms with Gasteiger partial charge in [-0.25, -0.2) is 0 Å². The maximum absolute atomic E-state index is 6.33. The maximum Gasteiger partial charge on any atom is 0.123 e. The predicted molar refractivity (Wildman–Crippen MR) is 194 cm³/mol. The number of halogens is 1. The summed E-state index contributed by atoms with van der Waals surface area (Å²) < 4.78 is 30.9. The van der Waals surface area contributed by atoms with Gasteiger partial charge in [0.15, 0.2) is 0 Å². The van der Waals surface area contributed by atoms with Crippen molar-refractivity contribution >= 4 is 15.9 Å². The number of hydrogen-bond acceptors (Lipinski definition) is 5. The number of ether oxygens (including phenoxy) is 5. The van der Waals surface area contributed by atoms with Gasteiger partial charge in [-0.3, -0.25) is 0 Å². The molecule has 0 fully saturated rings. The van der Waals surface area contributed by atoms with Crippen LogP contribution >= 0.6 is 15.9 Å². The Morgan fingerprint density at radius 2 is 0.783 bits per heavy atom. The Balaban J connectivity index is 1.64. The van der Waals surface area contributed by atoms with Crippen LogP contribution in [0.4, 0.5) is 0 Å². The van der Waals surface area contributed by atoms with E-state index >= 15 is 0 Å². The summed E-state index contributed by atoms with van der Waals surface area (Å²) in [5.41, 5.74) is 4.36. The molecular formula is C40H57BrO5. The third-order valence-corrected chi connectivity index (χ3v) is 8.40. The smallest absolute Gasteiger partial charge is 0.123 e. The predicted octanol–water partition coefficient (Wildman–Crippen LogP) is 11.9. The first-order chi connectivity index (χ1) is 22.5. The van der Waals surface area contributed by atoms with E-state index in [2.05, 4.69) is 86.1 Å². The molecular weight excluding hydrogens is 640 g/mol. The van der Waals surface area contributed by atoms with Gasteiger partial charge in [0.05, 0.1) is 19.8 Å². The van der Waals surface area contributed by atoms with Crippen molar-refractivity contribution in [3.05, 3.63) is 76.9 Å². The fourth-order valence-corrected chi connectivity index (χ4v) is 5.56. The quantitative estimate of drug-likeness (QED) is 0.0651. The molecule has 0 bridgehead atoms. The topological polar surface area (TPSA) is 46.2 Å². The number of benzene rings is 3. The molecule has 254 valence electrons. The first-order valence-corrected chi connectivity index (χ1v) is 18.7. The SMILES string of the molecule is CCCCCCOc1cc(C)cc(COc2cc(CBr)cc(OCc3cc(OCCCCCC)cc(OCCCCCC)c3)c2)c1. The number of unbranched alkanes of at least 4 members (excludes halogenated alkanes) is 9. The minimum absolute atomic E-state index is 0.404. The lowest BCUT2D eigenvalue weighted by atomic mass is 10.1. The van der Waals surface area contributed by atoms with Crippen molar-refractivity contribution in [3.63, 3.8) is 0 Å². The van der Waals surface area contributed by atoms with Crippen LogP contribution in [0.3, 0.4) is 0 Å². The van der Waals surface area contributed by atoms with Crippen LogP contribution in [0.15, 0.2) is 54.6 Å². The van der Waals surface area contributed by atoms with Crippen LogP contribution in [0.1, 0.15) is 120 Å². The summed E-state index contributed by atoms with van der Waals surface area (Å²) in [7, 11) is 0. The zero-order valence-corrected chi connectivity index (χ0v) is 30.4. The van der Waals surface area contributed by atoms with E-state index in [1.807, 2.05) is 12.1 Å². The summed E-state index contributed by atoms with van der Waals surface area (Å²) >= 11 is 3.61. The summed E-state index contributed by atoms with van der Waals surface area (Å²) in [6.07, 6.45) is 14.2. The van der Waals surface area contributed by atoms with E-state index < -0.39 is 0 Å². The maximum atomic E-state index is 6.33. The lowest BCUT2D eigenvalue weighted by Gasteiger charge is -2.15. The molecule has 0 saturated carbocycles. The van der Waals surface area contributed by atoms with Gasteiger partial charge in [0.2, 0.25) is 0 Å². The van der Waals surface area contributed by atoms with E-state index in [0.717, 1.165) is 71.3 Å². The Kier molecular flexibility index (Phi) is 18.5. The molecule has 0 heterocycles. The van der Waals surface area contributed by atoms with Gasteiger partial charge in [0.25, 0.3) is 0 Å². The summed E-state index contributed by atoms with van der Waals surface area (Å²) in [4.78, 5) is 0. The molecule has 0 atom stereocenters. The first-order valence-electron chi connectivity index (χ1n) is 17.6. The molecule has 46 heavy (non-hydrogen) atoms. The van der Waals surface area contributed by atoms with Crippen LogP contribution in [0.25, 0.3) is 0 Å². The fourth-order valence-electron chi connectivity index (χ4n) is 5.24. The Hall–Kier alpha value is -2.86. The normalized spacial score (nSPS) is 11.0. The monoisotopic (exact) mass is 696 g/mol. The van der Waals surface area contributed by atoms with Crippen LogP contribution in [0.2, 0.25) is 0 Å². The van der Waals surface area contributed by atoms with Crippen molar-refractivity contribution in [2.45, 2.75) is 123 Å². The molecule has 0 aliphatic rings. The van der Waals surface area contributed by atoms with Crippen LogP contribution in [-0.4, -0.2) is 19.8 Å². The van der Waals surface area contributed by atoms with Gasteiger partial charge in [-0.15, -0.1) is 0 Å². The van der Waals surface area contributed by atoms with Gasteiger partial charge in [-0.1, -0.05) is 101 Å². The van der Waals surface area contributed by atoms with E-state index in [-0.39, 0.29) is 0 Å². The molecule has 0 aromatic heterocycles. The molecule has 3 rings (SSSR count). The van der Waals surface area contributed by atoms with Gasteiger partial charge < -0.3 is 23.7 Å². The van der Waals surface area contributed by atoms with Gasteiger partial charge in [0.1, 0.15) is 42.0 Å². The van der Waals surface area contributed by atoms with E-state index in [0.29, 0.717) is 31.8 Å². The zero-order valence-electron chi connectivity index (χ0n) is 28.8. The second kappa shape index (κ2) is 22.6. The second-order valence-corrected chi connectivity index (χ2v) is 12.8. The molecule has 0 spiro atoms. The van der Waals surface area contributed by atoms with E-state index in [9.17, 15) is 0 Å². The Morgan fingerprint density at radius 3 is 1.20 bits per heavy atom. The van der Waals surface area contributed by atoms with Gasteiger partial charge in [-0.05, 0) is 84.8 Å². The van der Waals surface area contributed by atoms with Crippen molar-refractivity contribution in [2.24, 2.45) is 0 Å². The third kappa shape index (κ3) is 15.2. The summed E-state index contributed by atoms with van der Waals surface area (Å²) in [5.74, 6) is 4.12. The van der Waals surface area contributed by atoms with Crippen LogP contribution in [0, 0.1) is 6.92 Å². The van der Waals surface area contributed by atoms with E-state index in [1.165, 1.54) is 63.4 Å². The molecule has 0 saturated heterocycles. The largest absolute Gasteiger partial charge is 0.494 e. The standard InChI is InChI=1S/C40H57BrO5/c1-5-8-11-14-17-42-36-21-32(4)20-34(24-36)30-45-39-22-33(29-41)23-40(28-39)46-31-35-25-37(43-18-15-12-9-6-2)27-38(26-35)44-19-16-13-10-7-3/h20-28H,5-19,29-31H2,1-4H3. The number of rotatable bonds is 25. The van der Waals surface area contributed by atoms with Gasteiger partial charge in [-0.2, -0.15) is 0 Å². The summed E-state index contributed by atoms with van der Waals surface area (Å²) in [5, 5.41) is 0.707. The van der Waals surface area contributed by atoms with E-state index in [1.54, 1.807) is 0 Å². The molecule has 6 heteroatoms. The Labute approximate surface area is 287 Å². The van der Waals surface area contributed by atoms with Crippen LogP contribution in [0.5, 0.6) is 28.7 Å². The van der Waals surface area contributed by atoms with Crippen molar-refractivity contribution in [2.75, 3.05) is 19.8 Å². The molecule has 0 radical (unpaired) electrons. The third-order valence-electron chi connectivity index (χ3n) is 7.76. The molecule has 0 aliphatic carbocycles. The highest BCUT2D eigenvalue weighted by Gasteiger charge is 2.09. The average Bonchev–Trinajstić information content (AvgIpc) is 3.06. The average molecular weight is 698 g/mol. The number of aryl methyl sites for hydroxylation is 1. The Bertz CT molecular complexity index is 1230. The molecule has 0 unspecified atom stereocenters.